The van der Waals surface area contributed by atoms with E-state index in [-0.39, 0.29) is 11.7 Å². The number of ether oxygens (including phenoxy) is 1. The molecule has 2 aromatic rings. The minimum Gasteiger partial charge on any atom is -0.476 e. The first-order chi connectivity index (χ1) is 8.22. The molecule has 0 aliphatic carbocycles. The molecule has 1 N–H and O–H groups in total. The lowest BCUT2D eigenvalue weighted by Gasteiger charge is -2.06. The standard InChI is InChI=1S/C12H10N2O3/c1-17-12-13-7-9(10(14-12)11(15)16)8-5-3-2-4-6-8/h2-7H,1H3,(H,15,16). The fourth-order valence-electron chi connectivity index (χ4n) is 1.46. The first-order valence-electron chi connectivity index (χ1n) is 4.92. The normalized spacial score (nSPS) is 9.94. The maximum absolute atomic E-state index is 11.1. The number of rotatable bonds is 3. The van der Waals surface area contributed by atoms with E-state index in [1.165, 1.54) is 13.3 Å². The van der Waals surface area contributed by atoms with Gasteiger partial charge in [0.2, 0.25) is 0 Å². The molecular weight excluding hydrogens is 220 g/mol. The van der Waals surface area contributed by atoms with E-state index in [2.05, 4.69) is 9.97 Å². The number of aromatic nitrogens is 2. The maximum atomic E-state index is 11.1. The summed E-state index contributed by atoms with van der Waals surface area (Å²) in [5.74, 6) is -1.11. The Hall–Kier alpha value is -2.43. The van der Waals surface area contributed by atoms with Crippen LogP contribution in [0.15, 0.2) is 36.5 Å². The van der Waals surface area contributed by atoms with E-state index in [0.717, 1.165) is 5.56 Å². The van der Waals surface area contributed by atoms with Crippen molar-refractivity contribution in [3.8, 4) is 17.1 Å². The number of hydrogen-bond acceptors (Lipinski definition) is 4. The minimum atomic E-state index is -1.11. The first kappa shape index (κ1) is 11.1. The van der Waals surface area contributed by atoms with E-state index in [1.807, 2.05) is 18.2 Å². The van der Waals surface area contributed by atoms with Gasteiger partial charge in [-0.1, -0.05) is 30.3 Å². The number of hydrogen-bond donors (Lipinski definition) is 1. The molecule has 5 heteroatoms. The van der Waals surface area contributed by atoms with Gasteiger partial charge >= 0.3 is 12.0 Å². The highest BCUT2D eigenvalue weighted by Crippen LogP contribution is 2.22. The van der Waals surface area contributed by atoms with Crippen molar-refractivity contribution in [3.05, 3.63) is 42.2 Å². The Morgan fingerprint density at radius 3 is 2.59 bits per heavy atom. The van der Waals surface area contributed by atoms with Crippen LogP contribution in [0.4, 0.5) is 0 Å². The number of carboxylic acid groups (broad SMARTS) is 1. The van der Waals surface area contributed by atoms with Crippen LogP contribution in [0.1, 0.15) is 10.5 Å². The van der Waals surface area contributed by atoms with Gasteiger partial charge < -0.3 is 9.84 Å². The predicted molar refractivity (Wildman–Crippen MR) is 61.0 cm³/mol. The topological polar surface area (TPSA) is 72.3 Å². The van der Waals surface area contributed by atoms with Crippen molar-refractivity contribution in [1.29, 1.82) is 0 Å². The molecule has 17 heavy (non-hydrogen) atoms. The van der Waals surface area contributed by atoms with Crippen molar-refractivity contribution >= 4 is 5.97 Å². The van der Waals surface area contributed by atoms with Crippen LogP contribution in [-0.4, -0.2) is 28.2 Å². The second-order valence-electron chi connectivity index (χ2n) is 3.29. The van der Waals surface area contributed by atoms with Gasteiger partial charge in [0, 0.05) is 11.8 Å². The van der Waals surface area contributed by atoms with Crippen LogP contribution in [0.25, 0.3) is 11.1 Å². The van der Waals surface area contributed by atoms with Crippen LogP contribution in [0.2, 0.25) is 0 Å². The third-order valence-electron chi connectivity index (χ3n) is 2.24. The molecule has 0 radical (unpaired) electrons. The molecule has 0 spiro atoms. The van der Waals surface area contributed by atoms with Gasteiger partial charge in [0.25, 0.3) is 0 Å². The lowest BCUT2D eigenvalue weighted by molar-refractivity contribution is 0.0690. The van der Waals surface area contributed by atoms with Crippen LogP contribution >= 0.6 is 0 Å². The smallest absolute Gasteiger partial charge is 0.355 e. The molecule has 0 bridgehead atoms. The fourth-order valence-corrected chi connectivity index (χ4v) is 1.46. The van der Waals surface area contributed by atoms with Crippen LogP contribution in [-0.2, 0) is 0 Å². The van der Waals surface area contributed by atoms with Crippen LogP contribution in [0.5, 0.6) is 6.01 Å². The van der Waals surface area contributed by atoms with Crippen LogP contribution < -0.4 is 4.74 Å². The second-order valence-corrected chi connectivity index (χ2v) is 3.29. The number of carbonyl (C=O) groups is 1. The molecule has 0 atom stereocenters. The molecular formula is C12H10N2O3. The van der Waals surface area contributed by atoms with Crippen molar-refractivity contribution in [3.63, 3.8) is 0 Å². The van der Waals surface area contributed by atoms with Crippen LogP contribution in [0, 0.1) is 0 Å². The number of methoxy groups -OCH3 is 1. The van der Waals surface area contributed by atoms with E-state index in [1.54, 1.807) is 12.1 Å². The first-order valence-corrected chi connectivity index (χ1v) is 4.92. The van der Waals surface area contributed by atoms with Gasteiger partial charge in [0.1, 0.15) is 0 Å². The molecule has 1 aromatic carbocycles. The van der Waals surface area contributed by atoms with E-state index >= 15 is 0 Å². The summed E-state index contributed by atoms with van der Waals surface area (Å²) >= 11 is 0. The van der Waals surface area contributed by atoms with Gasteiger partial charge in [-0.15, -0.1) is 0 Å². The second kappa shape index (κ2) is 4.61. The molecule has 0 saturated carbocycles. The minimum absolute atomic E-state index is 0.0436. The Labute approximate surface area is 97.7 Å². The van der Waals surface area contributed by atoms with Crippen molar-refractivity contribution in [2.75, 3.05) is 7.11 Å². The van der Waals surface area contributed by atoms with Gasteiger partial charge in [-0.05, 0) is 5.56 Å². The van der Waals surface area contributed by atoms with Crippen LogP contribution in [0.3, 0.4) is 0 Å². The molecule has 86 valence electrons. The molecule has 5 nitrogen and oxygen atoms in total. The summed E-state index contributed by atoms with van der Waals surface area (Å²) in [6.07, 6.45) is 1.45. The lowest BCUT2D eigenvalue weighted by atomic mass is 10.1. The third-order valence-corrected chi connectivity index (χ3v) is 2.24. The molecule has 1 heterocycles. The molecule has 0 aliphatic heterocycles. The zero-order chi connectivity index (χ0) is 12.3. The summed E-state index contributed by atoms with van der Waals surface area (Å²) in [4.78, 5) is 18.9. The SMILES string of the molecule is COc1ncc(-c2ccccc2)c(C(=O)O)n1. The monoisotopic (exact) mass is 230 g/mol. The number of carboxylic acids is 1. The zero-order valence-electron chi connectivity index (χ0n) is 9.12. The summed E-state index contributed by atoms with van der Waals surface area (Å²) in [5, 5.41) is 9.10. The summed E-state index contributed by atoms with van der Waals surface area (Å²) < 4.78 is 4.81. The predicted octanol–water partition coefficient (Wildman–Crippen LogP) is 1.85. The molecule has 1 aromatic heterocycles. The lowest BCUT2D eigenvalue weighted by Crippen LogP contribution is -2.06. The van der Waals surface area contributed by atoms with E-state index in [9.17, 15) is 4.79 Å². The molecule has 0 amide bonds. The Morgan fingerprint density at radius 1 is 1.29 bits per heavy atom. The molecule has 2 rings (SSSR count). The van der Waals surface area contributed by atoms with Crippen molar-refractivity contribution < 1.29 is 14.6 Å². The molecule has 0 unspecified atom stereocenters. The Kier molecular flexibility index (Phi) is 3.00. The summed E-state index contributed by atoms with van der Waals surface area (Å²) in [6.45, 7) is 0. The van der Waals surface area contributed by atoms with E-state index in [4.69, 9.17) is 9.84 Å². The van der Waals surface area contributed by atoms with E-state index in [0.29, 0.717) is 5.56 Å². The molecule has 0 saturated heterocycles. The highest BCUT2D eigenvalue weighted by Gasteiger charge is 2.15. The number of benzene rings is 1. The van der Waals surface area contributed by atoms with Gasteiger partial charge in [-0.2, -0.15) is 4.98 Å². The summed E-state index contributed by atoms with van der Waals surface area (Å²) in [7, 11) is 1.39. The summed E-state index contributed by atoms with van der Waals surface area (Å²) in [6, 6.07) is 9.15. The Morgan fingerprint density at radius 2 is 2.00 bits per heavy atom. The number of nitrogens with zero attached hydrogens (tertiary/aromatic N) is 2. The fraction of sp³-hybridized carbons (Fsp3) is 0.0833. The number of aromatic carboxylic acids is 1. The van der Waals surface area contributed by atoms with Gasteiger partial charge in [0.15, 0.2) is 5.69 Å². The largest absolute Gasteiger partial charge is 0.476 e. The highest BCUT2D eigenvalue weighted by molar-refractivity contribution is 5.93. The summed E-state index contributed by atoms with van der Waals surface area (Å²) in [5.41, 5.74) is 1.16. The van der Waals surface area contributed by atoms with Crippen molar-refractivity contribution in [2.45, 2.75) is 0 Å². The maximum Gasteiger partial charge on any atom is 0.355 e. The van der Waals surface area contributed by atoms with Gasteiger partial charge in [0.05, 0.1) is 7.11 Å². The highest BCUT2D eigenvalue weighted by atomic mass is 16.5. The molecule has 0 aliphatic rings. The average Bonchev–Trinajstić information content (AvgIpc) is 2.39. The average molecular weight is 230 g/mol. The Balaban J connectivity index is 2.58. The van der Waals surface area contributed by atoms with Crippen molar-refractivity contribution in [1.82, 2.24) is 9.97 Å². The van der Waals surface area contributed by atoms with Gasteiger partial charge in [-0.25, -0.2) is 9.78 Å². The quantitative estimate of drug-likeness (QED) is 0.871. The third kappa shape index (κ3) is 2.23. The molecule has 0 fully saturated rings. The van der Waals surface area contributed by atoms with E-state index < -0.39 is 5.97 Å². The van der Waals surface area contributed by atoms with Crippen molar-refractivity contribution in [2.24, 2.45) is 0 Å². The zero-order valence-corrected chi connectivity index (χ0v) is 9.12. The Bertz CT molecular complexity index is 541. The van der Waals surface area contributed by atoms with Gasteiger partial charge in [-0.3, -0.25) is 0 Å².